The Bertz CT molecular complexity index is 1080. The number of rotatable bonds is 6. The van der Waals surface area contributed by atoms with Gasteiger partial charge >= 0.3 is 6.18 Å². The Kier molecular flexibility index (Phi) is 6.60. The molecule has 0 bridgehead atoms. The quantitative estimate of drug-likeness (QED) is 0.373. The second kappa shape index (κ2) is 9.02. The molecule has 31 heavy (non-hydrogen) atoms. The van der Waals surface area contributed by atoms with Crippen LogP contribution >= 0.6 is 12.2 Å². The van der Waals surface area contributed by atoms with E-state index in [1.165, 1.54) is 0 Å². The molecule has 0 saturated heterocycles. The molecule has 0 aliphatic rings. The topological polar surface area (TPSA) is 65.2 Å². The number of aromatic nitrogens is 2. The first kappa shape index (κ1) is 22.7. The van der Waals surface area contributed by atoms with Crippen molar-refractivity contribution in [3.8, 4) is 11.5 Å². The lowest BCUT2D eigenvalue weighted by atomic mass is 10.2. The SMILES string of the molecule is CN(C)CCNC(=S)Nc1cc(F)c(Oc2ccnc3[nH]cc(C(F)(F)F)c23)c(F)c1. The lowest BCUT2D eigenvalue weighted by Crippen LogP contribution is -2.34. The molecular weight excluding hydrogens is 441 g/mol. The van der Waals surface area contributed by atoms with Crippen LogP contribution in [-0.2, 0) is 6.18 Å². The third-order valence-electron chi connectivity index (χ3n) is 4.15. The number of H-pyrrole nitrogens is 1. The second-order valence-electron chi connectivity index (χ2n) is 6.79. The number of pyridine rings is 1. The van der Waals surface area contributed by atoms with Crippen LogP contribution in [0.5, 0.6) is 11.5 Å². The number of hydrogen-bond donors (Lipinski definition) is 3. The molecule has 166 valence electrons. The van der Waals surface area contributed by atoms with Crippen molar-refractivity contribution in [2.24, 2.45) is 0 Å². The van der Waals surface area contributed by atoms with Crippen LogP contribution < -0.4 is 15.4 Å². The molecule has 2 aromatic heterocycles. The van der Waals surface area contributed by atoms with Crippen molar-refractivity contribution in [1.82, 2.24) is 20.2 Å². The summed E-state index contributed by atoms with van der Waals surface area (Å²) in [6.07, 6.45) is -2.83. The average Bonchev–Trinajstić information content (AvgIpc) is 3.09. The van der Waals surface area contributed by atoms with Gasteiger partial charge in [0.15, 0.2) is 22.5 Å². The van der Waals surface area contributed by atoms with Crippen LogP contribution in [0.2, 0.25) is 0 Å². The van der Waals surface area contributed by atoms with E-state index >= 15 is 0 Å². The van der Waals surface area contributed by atoms with Gasteiger partial charge in [-0.25, -0.2) is 13.8 Å². The van der Waals surface area contributed by atoms with E-state index in [0.29, 0.717) is 19.3 Å². The van der Waals surface area contributed by atoms with E-state index in [2.05, 4.69) is 20.6 Å². The van der Waals surface area contributed by atoms with Gasteiger partial charge < -0.3 is 25.3 Å². The number of anilines is 1. The van der Waals surface area contributed by atoms with E-state index in [9.17, 15) is 22.0 Å². The molecule has 0 aliphatic carbocycles. The van der Waals surface area contributed by atoms with E-state index in [-0.39, 0.29) is 16.4 Å². The number of thiocarbonyl (C=S) groups is 1. The Morgan fingerprint density at radius 3 is 2.52 bits per heavy atom. The zero-order valence-electron chi connectivity index (χ0n) is 16.4. The highest BCUT2D eigenvalue weighted by Gasteiger charge is 2.35. The maximum Gasteiger partial charge on any atom is 0.418 e. The summed E-state index contributed by atoms with van der Waals surface area (Å²) in [6.45, 7) is 1.21. The third-order valence-corrected chi connectivity index (χ3v) is 4.40. The number of nitrogens with one attached hydrogen (secondary N) is 3. The zero-order valence-corrected chi connectivity index (χ0v) is 17.2. The van der Waals surface area contributed by atoms with Crippen LogP contribution in [0.1, 0.15) is 5.56 Å². The molecule has 6 nitrogen and oxygen atoms in total. The Balaban J connectivity index is 1.84. The van der Waals surface area contributed by atoms with Crippen LogP contribution in [0, 0.1) is 11.6 Å². The molecule has 0 fully saturated rings. The Morgan fingerprint density at radius 2 is 1.90 bits per heavy atom. The summed E-state index contributed by atoms with van der Waals surface area (Å²) in [5, 5.41) is 5.26. The highest BCUT2D eigenvalue weighted by atomic mass is 32.1. The number of alkyl halides is 3. The third kappa shape index (κ3) is 5.39. The van der Waals surface area contributed by atoms with E-state index in [1.54, 1.807) is 0 Å². The molecule has 2 heterocycles. The van der Waals surface area contributed by atoms with Crippen LogP contribution in [0.4, 0.5) is 27.6 Å². The first-order valence-corrected chi connectivity index (χ1v) is 9.37. The normalized spacial score (nSPS) is 11.7. The number of halogens is 5. The molecule has 3 rings (SSSR count). The van der Waals surface area contributed by atoms with Crippen molar-refractivity contribution >= 4 is 34.1 Å². The van der Waals surface area contributed by atoms with Crippen LogP contribution in [0.3, 0.4) is 0 Å². The zero-order chi connectivity index (χ0) is 22.8. The van der Waals surface area contributed by atoms with Crippen molar-refractivity contribution in [3.05, 3.63) is 47.8 Å². The fourth-order valence-corrected chi connectivity index (χ4v) is 2.96. The largest absolute Gasteiger partial charge is 0.450 e. The van der Waals surface area contributed by atoms with E-state index in [4.69, 9.17) is 17.0 Å². The minimum Gasteiger partial charge on any atom is -0.450 e. The second-order valence-corrected chi connectivity index (χ2v) is 7.20. The van der Waals surface area contributed by atoms with Gasteiger partial charge in [0.1, 0.15) is 11.4 Å². The summed E-state index contributed by atoms with van der Waals surface area (Å²) < 4.78 is 74.1. The summed E-state index contributed by atoms with van der Waals surface area (Å²) in [4.78, 5) is 8.08. The molecule has 3 aromatic rings. The van der Waals surface area contributed by atoms with E-state index in [0.717, 1.165) is 24.4 Å². The van der Waals surface area contributed by atoms with Gasteiger partial charge in [0.25, 0.3) is 0 Å². The number of ether oxygens (including phenoxy) is 1. The monoisotopic (exact) mass is 459 g/mol. The molecule has 0 spiro atoms. The first-order chi connectivity index (χ1) is 14.6. The lowest BCUT2D eigenvalue weighted by Gasteiger charge is -2.15. The van der Waals surface area contributed by atoms with Crippen molar-refractivity contribution in [2.45, 2.75) is 6.18 Å². The number of hydrogen-bond acceptors (Lipinski definition) is 4. The van der Waals surface area contributed by atoms with Crippen molar-refractivity contribution in [2.75, 3.05) is 32.5 Å². The lowest BCUT2D eigenvalue weighted by molar-refractivity contribution is -0.136. The smallest absolute Gasteiger partial charge is 0.418 e. The maximum atomic E-state index is 14.5. The molecule has 0 saturated carbocycles. The highest BCUT2D eigenvalue weighted by molar-refractivity contribution is 7.80. The Morgan fingerprint density at radius 1 is 1.23 bits per heavy atom. The maximum absolute atomic E-state index is 14.5. The minimum atomic E-state index is -4.71. The summed E-state index contributed by atoms with van der Waals surface area (Å²) in [6, 6.07) is 2.96. The molecule has 12 heteroatoms. The van der Waals surface area contributed by atoms with Gasteiger partial charge in [0, 0.05) is 43.3 Å². The van der Waals surface area contributed by atoms with Crippen molar-refractivity contribution in [1.29, 1.82) is 0 Å². The van der Waals surface area contributed by atoms with Crippen molar-refractivity contribution in [3.63, 3.8) is 0 Å². The molecule has 0 atom stereocenters. The first-order valence-electron chi connectivity index (χ1n) is 8.96. The van der Waals surface area contributed by atoms with Gasteiger partial charge in [-0.1, -0.05) is 0 Å². The fourth-order valence-electron chi connectivity index (χ4n) is 2.74. The van der Waals surface area contributed by atoms with Gasteiger partial charge in [-0.05, 0) is 32.4 Å². The molecule has 1 aromatic carbocycles. The predicted octanol–water partition coefficient (Wildman–Crippen LogP) is 4.50. The van der Waals surface area contributed by atoms with E-state index < -0.39 is 40.3 Å². The average molecular weight is 459 g/mol. The minimum absolute atomic E-state index is 0.0159. The van der Waals surface area contributed by atoms with Crippen LogP contribution in [0.25, 0.3) is 11.0 Å². The fraction of sp³-hybridized carbons (Fsp3) is 0.263. The standard InChI is InChI=1S/C19H18F5N5OS/c1-29(2)6-5-26-18(31)28-10-7-12(20)16(13(21)8-10)30-14-3-4-25-17-15(14)11(9-27-17)19(22,23)24/h3-4,7-9H,5-6H2,1-2H3,(H,25,27)(H2,26,28,31). The van der Waals surface area contributed by atoms with Gasteiger partial charge in [-0.2, -0.15) is 13.2 Å². The van der Waals surface area contributed by atoms with Crippen LogP contribution in [0.15, 0.2) is 30.6 Å². The molecule has 0 unspecified atom stereocenters. The van der Waals surface area contributed by atoms with Gasteiger partial charge in [0.2, 0.25) is 0 Å². The number of nitrogens with zero attached hydrogens (tertiary/aromatic N) is 2. The number of likely N-dealkylation sites (N-methyl/N-ethyl adjacent to an activating group) is 1. The highest BCUT2D eigenvalue weighted by Crippen LogP contribution is 2.40. The molecule has 3 N–H and O–H groups in total. The van der Waals surface area contributed by atoms with Gasteiger partial charge in [0.05, 0.1) is 10.9 Å². The molecular formula is C19H18F5N5OS. The van der Waals surface area contributed by atoms with Gasteiger partial charge in [-0.3, -0.25) is 0 Å². The van der Waals surface area contributed by atoms with E-state index in [1.807, 2.05) is 19.0 Å². The number of benzene rings is 1. The predicted molar refractivity (Wildman–Crippen MR) is 110 cm³/mol. The summed E-state index contributed by atoms with van der Waals surface area (Å²) in [5.41, 5.74) is -1.17. The van der Waals surface area contributed by atoms with Crippen molar-refractivity contribution < 1.29 is 26.7 Å². The summed E-state index contributed by atoms with van der Waals surface area (Å²) in [5.74, 6) is -3.47. The van der Waals surface area contributed by atoms with Crippen LogP contribution in [-0.4, -0.2) is 47.2 Å². The summed E-state index contributed by atoms with van der Waals surface area (Å²) >= 11 is 5.07. The molecule has 0 radical (unpaired) electrons. The Hall–Kier alpha value is -2.99. The Labute approximate surface area is 179 Å². The molecule has 0 aliphatic heterocycles. The molecule has 0 amide bonds. The number of fused-ring (bicyclic) bond motifs is 1. The van der Waals surface area contributed by atoms with Gasteiger partial charge in [-0.15, -0.1) is 0 Å². The summed E-state index contributed by atoms with van der Waals surface area (Å²) in [7, 11) is 3.76. The number of aromatic amines is 1.